The molecule has 0 saturated heterocycles. The van der Waals surface area contributed by atoms with Gasteiger partial charge in [0.05, 0.1) is 4.90 Å². The molecule has 0 unspecified atom stereocenters. The third-order valence-corrected chi connectivity index (χ3v) is 6.30. The van der Waals surface area contributed by atoms with Crippen LogP contribution in [-0.2, 0) is 21.2 Å². The second-order valence-electron chi connectivity index (χ2n) is 6.91. The smallest absolute Gasteiger partial charge is 0.261 e. The molecule has 0 aromatic heterocycles. The molecule has 1 amide bonds. The molecule has 8 heteroatoms. The van der Waals surface area contributed by atoms with Crippen LogP contribution in [0.25, 0.3) is 0 Å². The normalized spacial score (nSPS) is 16.2. The molecule has 28 heavy (non-hydrogen) atoms. The molecule has 0 fully saturated rings. The third-order valence-electron chi connectivity index (χ3n) is 4.92. The minimum atomic E-state index is -3.73. The highest BCUT2D eigenvalue weighted by Crippen LogP contribution is 2.30. The molecule has 2 aliphatic rings. The molecule has 0 spiro atoms. The van der Waals surface area contributed by atoms with E-state index >= 15 is 0 Å². The number of nitrogens with zero attached hydrogens (tertiary/aromatic N) is 2. The summed E-state index contributed by atoms with van der Waals surface area (Å²) in [7, 11) is -3.73. The Morgan fingerprint density at radius 1 is 1.21 bits per heavy atom. The van der Waals surface area contributed by atoms with E-state index in [-0.39, 0.29) is 10.8 Å². The topological polar surface area (TPSA) is 90.9 Å². The van der Waals surface area contributed by atoms with Crippen molar-refractivity contribution >= 4 is 33.1 Å². The number of aliphatic imine (C=N–C) groups is 1. The van der Waals surface area contributed by atoms with Crippen LogP contribution < -0.4 is 14.9 Å². The second kappa shape index (κ2) is 7.27. The van der Waals surface area contributed by atoms with E-state index in [1.807, 2.05) is 6.07 Å². The average Bonchev–Trinajstić information content (AvgIpc) is 3.12. The van der Waals surface area contributed by atoms with E-state index in [0.29, 0.717) is 18.7 Å². The summed E-state index contributed by atoms with van der Waals surface area (Å²) >= 11 is 0. The van der Waals surface area contributed by atoms with Gasteiger partial charge in [-0.1, -0.05) is 12.1 Å². The summed E-state index contributed by atoms with van der Waals surface area (Å²) in [5.74, 6) is 0.748. The Labute approximate surface area is 164 Å². The van der Waals surface area contributed by atoms with E-state index in [2.05, 4.69) is 15.0 Å². The summed E-state index contributed by atoms with van der Waals surface area (Å²) in [5, 5.41) is 3.24. The van der Waals surface area contributed by atoms with Crippen LogP contribution in [0.15, 0.2) is 52.4 Å². The van der Waals surface area contributed by atoms with Gasteiger partial charge >= 0.3 is 0 Å². The predicted molar refractivity (Wildman–Crippen MR) is 109 cm³/mol. The highest BCUT2D eigenvalue weighted by molar-refractivity contribution is 7.92. The largest absolute Gasteiger partial charge is 0.370 e. The lowest BCUT2D eigenvalue weighted by atomic mass is 10.1. The maximum absolute atomic E-state index is 12.9. The van der Waals surface area contributed by atoms with Crippen molar-refractivity contribution in [3.05, 3.63) is 53.6 Å². The van der Waals surface area contributed by atoms with Gasteiger partial charge < -0.3 is 10.2 Å². The Balaban J connectivity index is 1.58. The molecule has 0 atom stereocenters. The fourth-order valence-electron chi connectivity index (χ4n) is 3.54. The van der Waals surface area contributed by atoms with Crippen molar-refractivity contribution < 1.29 is 13.2 Å². The minimum absolute atomic E-state index is 0.0384. The zero-order valence-electron chi connectivity index (χ0n) is 15.6. The number of carbonyl (C=O) groups excluding carboxylic acids is 1. The van der Waals surface area contributed by atoms with Crippen molar-refractivity contribution in [2.75, 3.05) is 29.3 Å². The highest BCUT2D eigenvalue weighted by atomic mass is 32.2. The monoisotopic (exact) mass is 398 g/mol. The number of hydrogen-bond acceptors (Lipinski definition) is 5. The van der Waals surface area contributed by atoms with E-state index in [9.17, 15) is 13.2 Å². The highest BCUT2D eigenvalue weighted by Gasteiger charge is 2.25. The van der Waals surface area contributed by atoms with Gasteiger partial charge in [-0.05, 0) is 48.7 Å². The van der Waals surface area contributed by atoms with Gasteiger partial charge in [0.1, 0.15) is 5.84 Å². The zero-order chi connectivity index (χ0) is 19.7. The van der Waals surface area contributed by atoms with Crippen molar-refractivity contribution in [1.82, 2.24) is 5.32 Å². The standard InChI is InChI=1S/C20H22N4O3S/c1-14(25)24-11-8-15-13-18(6-7-19(15)24)28(26,27)23-17-5-2-4-16(12-17)20-21-9-3-10-22-20/h2,4-7,12-13,23H,3,8-11H2,1H3,(H,21,22). The van der Waals surface area contributed by atoms with Gasteiger partial charge in [0, 0.05) is 43.5 Å². The lowest BCUT2D eigenvalue weighted by Crippen LogP contribution is -2.30. The number of fused-ring (bicyclic) bond motifs is 1. The van der Waals surface area contributed by atoms with Crippen molar-refractivity contribution in [2.45, 2.75) is 24.7 Å². The van der Waals surface area contributed by atoms with Gasteiger partial charge in [-0.3, -0.25) is 14.5 Å². The number of nitrogens with one attached hydrogen (secondary N) is 2. The number of amides is 1. The van der Waals surface area contributed by atoms with Crippen LogP contribution >= 0.6 is 0 Å². The first-order chi connectivity index (χ1) is 13.4. The number of hydrogen-bond donors (Lipinski definition) is 2. The first kappa shape index (κ1) is 18.5. The molecule has 146 valence electrons. The maximum atomic E-state index is 12.9. The van der Waals surface area contributed by atoms with E-state index < -0.39 is 10.0 Å². The van der Waals surface area contributed by atoms with E-state index in [1.165, 1.54) is 6.92 Å². The first-order valence-corrected chi connectivity index (χ1v) is 10.7. The molecule has 0 radical (unpaired) electrons. The quantitative estimate of drug-likeness (QED) is 0.826. The summed E-state index contributed by atoms with van der Waals surface area (Å²) in [6.07, 6.45) is 1.65. The first-order valence-electron chi connectivity index (χ1n) is 9.27. The van der Waals surface area contributed by atoms with Crippen molar-refractivity contribution in [1.29, 1.82) is 0 Å². The van der Waals surface area contributed by atoms with Crippen molar-refractivity contribution in [2.24, 2.45) is 4.99 Å². The number of anilines is 2. The number of carbonyl (C=O) groups is 1. The summed E-state index contributed by atoms with van der Waals surface area (Å²) in [5.41, 5.74) is 2.99. The maximum Gasteiger partial charge on any atom is 0.261 e. The molecule has 7 nitrogen and oxygen atoms in total. The van der Waals surface area contributed by atoms with Crippen LogP contribution in [0.3, 0.4) is 0 Å². The molecule has 0 aliphatic carbocycles. The molecular formula is C20H22N4O3S. The third kappa shape index (κ3) is 3.60. The van der Waals surface area contributed by atoms with E-state index in [4.69, 9.17) is 0 Å². The SMILES string of the molecule is CC(=O)N1CCc2cc(S(=O)(=O)Nc3cccc(C4=NCCCN4)c3)ccc21. The fraction of sp³-hybridized carbons (Fsp3) is 0.300. The molecule has 4 rings (SSSR count). The fourth-order valence-corrected chi connectivity index (χ4v) is 4.64. The summed E-state index contributed by atoms with van der Waals surface area (Å²) in [6.45, 7) is 3.73. The lowest BCUT2D eigenvalue weighted by Gasteiger charge is -2.16. The zero-order valence-corrected chi connectivity index (χ0v) is 16.4. The van der Waals surface area contributed by atoms with Gasteiger partial charge in [0.2, 0.25) is 5.91 Å². The molecule has 2 aromatic rings. The Bertz CT molecular complexity index is 1060. The van der Waals surface area contributed by atoms with Gasteiger partial charge in [-0.15, -0.1) is 0 Å². The Morgan fingerprint density at radius 3 is 2.82 bits per heavy atom. The number of rotatable bonds is 4. The molecule has 2 heterocycles. The van der Waals surface area contributed by atoms with Crippen LogP contribution in [0, 0.1) is 0 Å². The Morgan fingerprint density at radius 2 is 2.07 bits per heavy atom. The van der Waals surface area contributed by atoms with Crippen LogP contribution in [0.1, 0.15) is 24.5 Å². The molecule has 2 aliphatic heterocycles. The van der Waals surface area contributed by atoms with Crippen LogP contribution in [-0.4, -0.2) is 39.8 Å². The van der Waals surface area contributed by atoms with Crippen LogP contribution in [0.5, 0.6) is 0 Å². The van der Waals surface area contributed by atoms with Crippen molar-refractivity contribution in [3.8, 4) is 0 Å². The second-order valence-corrected chi connectivity index (χ2v) is 8.59. The van der Waals surface area contributed by atoms with Crippen LogP contribution in [0.2, 0.25) is 0 Å². The van der Waals surface area contributed by atoms with Gasteiger partial charge in [0.25, 0.3) is 10.0 Å². The molecular weight excluding hydrogens is 376 g/mol. The Kier molecular flexibility index (Phi) is 4.80. The predicted octanol–water partition coefficient (Wildman–Crippen LogP) is 2.14. The lowest BCUT2D eigenvalue weighted by molar-refractivity contribution is -0.116. The van der Waals surface area contributed by atoms with Gasteiger partial charge in [0.15, 0.2) is 0 Å². The number of benzene rings is 2. The summed E-state index contributed by atoms with van der Waals surface area (Å²) in [4.78, 5) is 18.0. The van der Waals surface area contributed by atoms with E-state index in [1.54, 1.807) is 41.3 Å². The van der Waals surface area contributed by atoms with Gasteiger partial charge in [-0.2, -0.15) is 0 Å². The minimum Gasteiger partial charge on any atom is -0.370 e. The van der Waals surface area contributed by atoms with Crippen molar-refractivity contribution in [3.63, 3.8) is 0 Å². The molecule has 2 N–H and O–H groups in total. The Hall–Kier alpha value is -2.87. The molecule has 0 bridgehead atoms. The number of sulfonamides is 1. The van der Waals surface area contributed by atoms with Crippen LogP contribution in [0.4, 0.5) is 11.4 Å². The summed E-state index contributed by atoms with van der Waals surface area (Å²) < 4.78 is 28.4. The van der Waals surface area contributed by atoms with E-state index in [0.717, 1.165) is 42.2 Å². The summed E-state index contributed by atoms with van der Waals surface area (Å²) in [6, 6.07) is 12.1. The molecule has 0 saturated carbocycles. The number of amidine groups is 1. The average molecular weight is 398 g/mol. The van der Waals surface area contributed by atoms with Gasteiger partial charge in [-0.25, -0.2) is 8.42 Å². The molecule has 2 aromatic carbocycles.